The van der Waals surface area contributed by atoms with Gasteiger partial charge in [-0.2, -0.15) is 0 Å². The summed E-state index contributed by atoms with van der Waals surface area (Å²) >= 11 is 1.69. The molecule has 1 aromatic carbocycles. The molecule has 1 saturated heterocycles. The molecule has 1 aromatic heterocycles. The van der Waals surface area contributed by atoms with Crippen LogP contribution in [-0.2, 0) is 6.42 Å². The molecule has 1 N–H and O–H groups in total. The SMILES string of the molecule is Fc1ccc2sc(CCC3CCCCN3)nc2c1. The number of fused-ring (bicyclic) bond motifs is 1. The fraction of sp³-hybridized carbons (Fsp3) is 0.500. The summed E-state index contributed by atoms with van der Waals surface area (Å²) in [5, 5.41) is 4.68. The first kappa shape index (κ1) is 12.1. The standard InChI is InChI=1S/C14H17FN2S/c15-10-4-6-13-12(9-10)17-14(18-13)7-5-11-3-1-2-8-16-11/h4,6,9,11,16H,1-3,5,7-8H2. The molecule has 4 heteroatoms. The van der Waals surface area contributed by atoms with Gasteiger partial charge in [0.2, 0.25) is 0 Å². The molecule has 0 radical (unpaired) electrons. The van der Waals surface area contributed by atoms with E-state index in [2.05, 4.69) is 10.3 Å². The van der Waals surface area contributed by atoms with Gasteiger partial charge in [-0.05, 0) is 37.9 Å². The molecule has 1 fully saturated rings. The highest BCUT2D eigenvalue weighted by molar-refractivity contribution is 7.18. The van der Waals surface area contributed by atoms with Crippen LogP contribution in [0.5, 0.6) is 0 Å². The van der Waals surface area contributed by atoms with E-state index < -0.39 is 0 Å². The first-order chi connectivity index (χ1) is 8.81. The van der Waals surface area contributed by atoms with Crippen LogP contribution < -0.4 is 5.32 Å². The number of benzene rings is 1. The van der Waals surface area contributed by atoms with Crippen LogP contribution in [0.3, 0.4) is 0 Å². The Morgan fingerprint density at radius 1 is 1.39 bits per heavy atom. The van der Waals surface area contributed by atoms with Crippen molar-refractivity contribution in [3.05, 3.63) is 29.0 Å². The fourth-order valence-corrected chi connectivity index (χ4v) is 3.49. The van der Waals surface area contributed by atoms with Gasteiger partial charge in [0.1, 0.15) is 5.82 Å². The van der Waals surface area contributed by atoms with Crippen LogP contribution in [0.15, 0.2) is 18.2 Å². The molecule has 2 nitrogen and oxygen atoms in total. The second-order valence-electron chi connectivity index (χ2n) is 4.91. The maximum Gasteiger partial charge on any atom is 0.125 e. The summed E-state index contributed by atoms with van der Waals surface area (Å²) in [6, 6.07) is 5.49. The van der Waals surface area contributed by atoms with E-state index in [1.165, 1.54) is 31.4 Å². The second-order valence-corrected chi connectivity index (χ2v) is 6.02. The lowest BCUT2D eigenvalue weighted by Crippen LogP contribution is -2.34. The molecule has 1 atom stereocenters. The summed E-state index contributed by atoms with van der Waals surface area (Å²) in [7, 11) is 0. The topological polar surface area (TPSA) is 24.9 Å². The largest absolute Gasteiger partial charge is 0.314 e. The maximum atomic E-state index is 13.1. The third-order valence-corrected chi connectivity index (χ3v) is 4.61. The minimum absolute atomic E-state index is 0.201. The summed E-state index contributed by atoms with van der Waals surface area (Å²) < 4.78 is 14.2. The summed E-state index contributed by atoms with van der Waals surface area (Å²) in [5.74, 6) is -0.201. The van der Waals surface area contributed by atoms with Gasteiger partial charge in [0, 0.05) is 18.5 Å². The third-order valence-electron chi connectivity index (χ3n) is 3.51. The first-order valence-electron chi connectivity index (χ1n) is 6.59. The molecular formula is C14H17FN2S. The third kappa shape index (κ3) is 2.70. The van der Waals surface area contributed by atoms with E-state index in [4.69, 9.17) is 0 Å². The number of nitrogens with zero attached hydrogens (tertiary/aromatic N) is 1. The van der Waals surface area contributed by atoms with E-state index in [0.717, 1.165) is 34.6 Å². The van der Waals surface area contributed by atoms with Gasteiger partial charge in [-0.3, -0.25) is 0 Å². The summed E-state index contributed by atoms with van der Waals surface area (Å²) in [5.41, 5.74) is 0.798. The maximum absolute atomic E-state index is 13.1. The van der Waals surface area contributed by atoms with Crippen LogP contribution in [0.1, 0.15) is 30.7 Å². The van der Waals surface area contributed by atoms with Crippen LogP contribution in [0.2, 0.25) is 0 Å². The molecule has 0 amide bonds. The van der Waals surface area contributed by atoms with Gasteiger partial charge < -0.3 is 5.32 Å². The lowest BCUT2D eigenvalue weighted by atomic mass is 10.0. The van der Waals surface area contributed by atoms with E-state index >= 15 is 0 Å². The zero-order valence-electron chi connectivity index (χ0n) is 10.3. The second kappa shape index (κ2) is 5.33. The van der Waals surface area contributed by atoms with Crippen LogP contribution in [0.25, 0.3) is 10.2 Å². The number of rotatable bonds is 3. The van der Waals surface area contributed by atoms with Crippen LogP contribution in [-0.4, -0.2) is 17.6 Å². The molecule has 1 aliphatic rings. The zero-order chi connectivity index (χ0) is 12.4. The van der Waals surface area contributed by atoms with E-state index in [-0.39, 0.29) is 5.82 Å². The highest BCUT2D eigenvalue weighted by atomic mass is 32.1. The molecule has 1 aliphatic heterocycles. The van der Waals surface area contributed by atoms with E-state index in [0.29, 0.717) is 6.04 Å². The Morgan fingerprint density at radius 3 is 3.17 bits per heavy atom. The number of halogens is 1. The van der Waals surface area contributed by atoms with Gasteiger partial charge in [0.25, 0.3) is 0 Å². The molecule has 18 heavy (non-hydrogen) atoms. The quantitative estimate of drug-likeness (QED) is 0.917. The molecule has 0 aliphatic carbocycles. The smallest absolute Gasteiger partial charge is 0.125 e. The first-order valence-corrected chi connectivity index (χ1v) is 7.41. The number of nitrogens with one attached hydrogen (secondary N) is 1. The number of aryl methyl sites for hydroxylation is 1. The molecule has 3 rings (SSSR count). The molecule has 0 spiro atoms. The van der Waals surface area contributed by atoms with Crippen molar-refractivity contribution < 1.29 is 4.39 Å². The fourth-order valence-electron chi connectivity index (χ4n) is 2.52. The van der Waals surface area contributed by atoms with Crippen molar-refractivity contribution in [2.45, 2.75) is 38.1 Å². The Kier molecular flexibility index (Phi) is 3.57. The van der Waals surface area contributed by atoms with E-state index in [1.807, 2.05) is 6.07 Å². The van der Waals surface area contributed by atoms with Gasteiger partial charge in [-0.15, -0.1) is 11.3 Å². The number of hydrogen-bond donors (Lipinski definition) is 1. The molecular weight excluding hydrogens is 247 g/mol. The minimum atomic E-state index is -0.201. The number of hydrogen-bond acceptors (Lipinski definition) is 3. The Labute approximate surface area is 110 Å². The number of aromatic nitrogens is 1. The lowest BCUT2D eigenvalue weighted by Gasteiger charge is -2.22. The van der Waals surface area contributed by atoms with Gasteiger partial charge >= 0.3 is 0 Å². The normalized spacial score (nSPS) is 20.4. The van der Waals surface area contributed by atoms with Crippen molar-refractivity contribution in [3.8, 4) is 0 Å². The van der Waals surface area contributed by atoms with Crippen LogP contribution in [0.4, 0.5) is 4.39 Å². The van der Waals surface area contributed by atoms with Crippen molar-refractivity contribution in [2.75, 3.05) is 6.54 Å². The Balaban J connectivity index is 1.67. The summed E-state index contributed by atoms with van der Waals surface area (Å²) in [6.07, 6.45) is 6.06. The number of thiazole rings is 1. The van der Waals surface area contributed by atoms with Crippen molar-refractivity contribution in [1.82, 2.24) is 10.3 Å². The Hall–Kier alpha value is -1.00. The zero-order valence-corrected chi connectivity index (χ0v) is 11.1. The summed E-state index contributed by atoms with van der Waals surface area (Å²) in [6.45, 7) is 1.15. The van der Waals surface area contributed by atoms with Crippen molar-refractivity contribution in [1.29, 1.82) is 0 Å². The lowest BCUT2D eigenvalue weighted by molar-refractivity contribution is 0.383. The van der Waals surface area contributed by atoms with Gasteiger partial charge in [0.05, 0.1) is 15.2 Å². The minimum Gasteiger partial charge on any atom is -0.314 e. The molecule has 2 aromatic rings. The summed E-state index contributed by atoms with van der Waals surface area (Å²) in [4.78, 5) is 4.51. The predicted octanol–water partition coefficient (Wildman–Crippen LogP) is 3.51. The van der Waals surface area contributed by atoms with Crippen molar-refractivity contribution in [3.63, 3.8) is 0 Å². The van der Waals surface area contributed by atoms with Gasteiger partial charge in [-0.1, -0.05) is 6.42 Å². The Bertz CT molecular complexity index is 532. The highest BCUT2D eigenvalue weighted by Crippen LogP contribution is 2.24. The Morgan fingerprint density at radius 2 is 2.33 bits per heavy atom. The monoisotopic (exact) mass is 264 g/mol. The molecule has 0 bridgehead atoms. The predicted molar refractivity (Wildman–Crippen MR) is 73.5 cm³/mol. The van der Waals surface area contributed by atoms with Crippen molar-refractivity contribution in [2.24, 2.45) is 0 Å². The van der Waals surface area contributed by atoms with E-state index in [9.17, 15) is 4.39 Å². The molecule has 1 unspecified atom stereocenters. The molecule has 2 heterocycles. The van der Waals surface area contributed by atoms with Gasteiger partial charge in [0.15, 0.2) is 0 Å². The van der Waals surface area contributed by atoms with Crippen molar-refractivity contribution >= 4 is 21.6 Å². The van der Waals surface area contributed by atoms with Crippen LogP contribution >= 0.6 is 11.3 Å². The average Bonchev–Trinajstić information content (AvgIpc) is 2.79. The molecule has 0 saturated carbocycles. The molecule has 96 valence electrons. The van der Waals surface area contributed by atoms with E-state index in [1.54, 1.807) is 11.3 Å². The number of piperidine rings is 1. The van der Waals surface area contributed by atoms with Crippen LogP contribution in [0, 0.1) is 5.82 Å². The average molecular weight is 264 g/mol. The van der Waals surface area contributed by atoms with Gasteiger partial charge in [-0.25, -0.2) is 9.37 Å². The highest BCUT2D eigenvalue weighted by Gasteiger charge is 2.13.